The van der Waals surface area contributed by atoms with Crippen LogP contribution in [0.1, 0.15) is 34.0 Å². The highest BCUT2D eigenvalue weighted by Crippen LogP contribution is 2.08. The van der Waals surface area contributed by atoms with Crippen LogP contribution in [0.4, 0.5) is 0 Å². The number of hydrogen-bond donors (Lipinski definition) is 2. The lowest BCUT2D eigenvalue weighted by Crippen LogP contribution is -2.26. The summed E-state index contributed by atoms with van der Waals surface area (Å²) in [5, 5.41) is 11.9. The molecule has 0 radical (unpaired) electrons. The van der Waals surface area contributed by atoms with Gasteiger partial charge in [-0.05, 0) is 35.6 Å². The molecule has 1 aromatic carbocycles. The predicted octanol–water partition coefficient (Wildman–Crippen LogP) is 2.11. The second kappa shape index (κ2) is 7.55. The fourth-order valence-corrected chi connectivity index (χ4v) is 2.16. The van der Waals surface area contributed by atoms with E-state index >= 15 is 0 Å². The van der Waals surface area contributed by atoms with Crippen LogP contribution in [0.2, 0.25) is 0 Å². The van der Waals surface area contributed by atoms with Crippen molar-refractivity contribution in [3.05, 3.63) is 65.0 Å². The molecule has 0 aliphatic rings. The molecule has 21 heavy (non-hydrogen) atoms. The van der Waals surface area contributed by atoms with E-state index in [1.54, 1.807) is 18.5 Å². The molecule has 0 saturated carbocycles. The molecule has 0 bridgehead atoms. The van der Waals surface area contributed by atoms with Crippen molar-refractivity contribution in [2.45, 2.75) is 26.4 Å². The van der Waals surface area contributed by atoms with Gasteiger partial charge in [0.15, 0.2) is 0 Å². The lowest BCUT2D eigenvalue weighted by Gasteiger charge is -2.08. The van der Waals surface area contributed by atoms with E-state index in [2.05, 4.69) is 10.3 Å². The molecule has 0 unspecified atom stereocenters. The zero-order valence-corrected chi connectivity index (χ0v) is 12.2. The molecule has 0 fully saturated rings. The standard InChI is InChI=1S/C17H20N2O2/c1-2-15-11-18-9-8-16(15)17(21)19-10-7-13-3-5-14(12-20)6-4-13/h3-6,8-9,11,20H,2,7,10,12H2,1H3,(H,19,21). The summed E-state index contributed by atoms with van der Waals surface area (Å²) >= 11 is 0. The van der Waals surface area contributed by atoms with Crippen molar-refractivity contribution in [1.29, 1.82) is 0 Å². The summed E-state index contributed by atoms with van der Waals surface area (Å²) in [4.78, 5) is 16.2. The molecule has 4 heteroatoms. The van der Waals surface area contributed by atoms with E-state index in [1.165, 1.54) is 0 Å². The third-order valence-corrected chi connectivity index (χ3v) is 3.43. The number of carbonyl (C=O) groups is 1. The highest BCUT2D eigenvalue weighted by atomic mass is 16.3. The summed E-state index contributed by atoms with van der Waals surface area (Å²) in [6, 6.07) is 9.50. The topological polar surface area (TPSA) is 62.2 Å². The van der Waals surface area contributed by atoms with E-state index in [0.717, 1.165) is 29.5 Å². The van der Waals surface area contributed by atoms with Crippen LogP contribution >= 0.6 is 0 Å². The quantitative estimate of drug-likeness (QED) is 0.854. The van der Waals surface area contributed by atoms with Crippen LogP contribution in [0.15, 0.2) is 42.7 Å². The van der Waals surface area contributed by atoms with Gasteiger partial charge in [0.1, 0.15) is 0 Å². The molecular weight excluding hydrogens is 264 g/mol. The maximum absolute atomic E-state index is 12.1. The summed E-state index contributed by atoms with van der Waals surface area (Å²) in [5.41, 5.74) is 3.69. The smallest absolute Gasteiger partial charge is 0.251 e. The Labute approximate surface area is 124 Å². The maximum Gasteiger partial charge on any atom is 0.251 e. The lowest BCUT2D eigenvalue weighted by atomic mass is 10.1. The number of benzene rings is 1. The van der Waals surface area contributed by atoms with Crippen molar-refractivity contribution in [2.75, 3.05) is 6.54 Å². The number of nitrogens with one attached hydrogen (secondary N) is 1. The number of carbonyl (C=O) groups excluding carboxylic acids is 1. The van der Waals surface area contributed by atoms with Crippen LogP contribution < -0.4 is 5.32 Å². The van der Waals surface area contributed by atoms with Crippen molar-refractivity contribution in [3.63, 3.8) is 0 Å². The van der Waals surface area contributed by atoms with E-state index in [-0.39, 0.29) is 12.5 Å². The first kappa shape index (κ1) is 15.2. The Bertz CT molecular complexity index is 594. The second-order valence-electron chi connectivity index (χ2n) is 4.87. The van der Waals surface area contributed by atoms with Crippen LogP contribution in [-0.2, 0) is 19.4 Å². The first-order chi connectivity index (χ1) is 10.2. The van der Waals surface area contributed by atoms with Crippen LogP contribution in [-0.4, -0.2) is 22.5 Å². The first-order valence-electron chi connectivity index (χ1n) is 7.14. The molecule has 0 atom stereocenters. The van der Waals surface area contributed by atoms with E-state index in [9.17, 15) is 4.79 Å². The van der Waals surface area contributed by atoms with Gasteiger partial charge in [0.25, 0.3) is 5.91 Å². The predicted molar refractivity (Wildman–Crippen MR) is 82.0 cm³/mol. The molecule has 0 aliphatic carbocycles. The van der Waals surface area contributed by atoms with Gasteiger partial charge in [-0.1, -0.05) is 31.2 Å². The van der Waals surface area contributed by atoms with Crippen LogP contribution in [0.5, 0.6) is 0 Å². The molecule has 1 aromatic heterocycles. The summed E-state index contributed by atoms with van der Waals surface area (Å²) in [6.07, 6.45) is 4.94. The van der Waals surface area contributed by atoms with Crippen molar-refractivity contribution in [3.8, 4) is 0 Å². The molecule has 2 rings (SSSR count). The number of amides is 1. The largest absolute Gasteiger partial charge is 0.392 e. The molecule has 110 valence electrons. The Balaban J connectivity index is 1.89. The first-order valence-corrected chi connectivity index (χ1v) is 7.14. The third-order valence-electron chi connectivity index (χ3n) is 3.43. The van der Waals surface area contributed by atoms with Gasteiger partial charge in [0, 0.05) is 24.5 Å². The molecule has 0 spiro atoms. The monoisotopic (exact) mass is 284 g/mol. The summed E-state index contributed by atoms with van der Waals surface area (Å²) < 4.78 is 0. The molecule has 2 aromatic rings. The highest BCUT2D eigenvalue weighted by molar-refractivity contribution is 5.95. The fourth-order valence-electron chi connectivity index (χ4n) is 2.16. The normalized spacial score (nSPS) is 10.4. The van der Waals surface area contributed by atoms with Crippen LogP contribution in [0, 0.1) is 0 Å². The second-order valence-corrected chi connectivity index (χ2v) is 4.87. The zero-order chi connectivity index (χ0) is 15.1. The number of hydrogen-bond acceptors (Lipinski definition) is 3. The molecule has 0 saturated heterocycles. The minimum atomic E-state index is -0.0544. The Hall–Kier alpha value is -2.20. The van der Waals surface area contributed by atoms with Crippen molar-refractivity contribution in [2.24, 2.45) is 0 Å². The minimum absolute atomic E-state index is 0.0544. The Morgan fingerprint density at radius 2 is 1.90 bits per heavy atom. The zero-order valence-electron chi connectivity index (χ0n) is 12.2. The Morgan fingerprint density at radius 1 is 1.19 bits per heavy atom. The van der Waals surface area contributed by atoms with Gasteiger partial charge >= 0.3 is 0 Å². The fraction of sp³-hybridized carbons (Fsp3) is 0.294. The number of pyridine rings is 1. The van der Waals surface area contributed by atoms with Crippen LogP contribution in [0.3, 0.4) is 0 Å². The number of aromatic nitrogens is 1. The van der Waals surface area contributed by atoms with Gasteiger partial charge in [-0.15, -0.1) is 0 Å². The lowest BCUT2D eigenvalue weighted by molar-refractivity contribution is 0.0953. The number of nitrogens with zero attached hydrogens (tertiary/aromatic N) is 1. The summed E-state index contributed by atoms with van der Waals surface area (Å²) in [6.45, 7) is 2.65. The van der Waals surface area contributed by atoms with Gasteiger partial charge < -0.3 is 10.4 Å². The SMILES string of the molecule is CCc1cnccc1C(=O)NCCc1ccc(CO)cc1. The van der Waals surface area contributed by atoms with E-state index in [1.807, 2.05) is 31.2 Å². The van der Waals surface area contributed by atoms with E-state index in [4.69, 9.17) is 5.11 Å². The summed E-state index contributed by atoms with van der Waals surface area (Å²) in [7, 11) is 0. The molecular formula is C17H20N2O2. The molecule has 0 aliphatic heterocycles. The molecule has 4 nitrogen and oxygen atoms in total. The average molecular weight is 284 g/mol. The van der Waals surface area contributed by atoms with Crippen molar-refractivity contribution >= 4 is 5.91 Å². The summed E-state index contributed by atoms with van der Waals surface area (Å²) in [5.74, 6) is -0.0544. The van der Waals surface area contributed by atoms with Crippen molar-refractivity contribution in [1.82, 2.24) is 10.3 Å². The number of aliphatic hydroxyl groups excluding tert-OH is 1. The van der Waals surface area contributed by atoms with Gasteiger partial charge in [-0.2, -0.15) is 0 Å². The third kappa shape index (κ3) is 4.13. The van der Waals surface area contributed by atoms with Gasteiger partial charge in [-0.3, -0.25) is 9.78 Å². The Morgan fingerprint density at radius 3 is 2.57 bits per heavy atom. The number of aryl methyl sites for hydroxylation is 1. The molecule has 1 amide bonds. The minimum Gasteiger partial charge on any atom is -0.392 e. The van der Waals surface area contributed by atoms with E-state index in [0.29, 0.717) is 12.1 Å². The number of rotatable bonds is 6. The van der Waals surface area contributed by atoms with Gasteiger partial charge in [-0.25, -0.2) is 0 Å². The van der Waals surface area contributed by atoms with Gasteiger partial charge in [0.05, 0.1) is 6.61 Å². The van der Waals surface area contributed by atoms with Gasteiger partial charge in [0.2, 0.25) is 0 Å². The van der Waals surface area contributed by atoms with E-state index < -0.39 is 0 Å². The molecule has 2 N–H and O–H groups in total. The maximum atomic E-state index is 12.1. The van der Waals surface area contributed by atoms with Crippen molar-refractivity contribution < 1.29 is 9.90 Å². The Kier molecular flexibility index (Phi) is 5.46. The average Bonchev–Trinajstić information content (AvgIpc) is 2.55. The van der Waals surface area contributed by atoms with Crippen LogP contribution in [0.25, 0.3) is 0 Å². The number of aliphatic hydroxyl groups is 1. The highest BCUT2D eigenvalue weighted by Gasteiger charge is 2.09. The molecule has 1 heterocycles.